The summed E-state index contributed by atoms with van der Waals surface area (Å²) in [7, 11) is 0. The first kappa shape index (κ1) is 17.1. The van der Waals surface area contributed by atoms with E-state index in [1.165, 1.54) is 0 Å². The molecule has 1 fully saturated rings. The molecule has 2 aliphatic rings. The Kier molecular flexibility index (Phi) is 5.08. The zero-order chi connectivity index (χ0) is 17.8. The second-order valence-electron chi connectivity index (χ2n) is 5.83. The van der Waals surface area contributed by atoms with Crippen molar-refractivity contribution in [2.45, 2.75) is 6.42 Å². The van der Waals surface area contributed by atoms with Crippen molar-refractivity contribution in [2.24, 2.45) is 0 Å². The molecule has 0 saturated carbocycles. The van der Waals surface area contributed by atoms with E-state index in [9.17, 15) is 19.2 Å². The van der Waals surface area contributed by atoms with Gasteiger partial charge in [-0.2, -0.15) is 0 Å². The molecule has 1 aromatic carbocycles. The van der Waals surface area contributed by atoms with E-state index in [0.29, 0.717) is 37.4 Å². The van der Waals surface area contributed by atoms with E-state index in [0.717, 1.165) is 4.90 Å². The Hall–Kier alpha value is -2.74. The fourth-order valence-corrected chi connectivity index (χ4v) is 2.84. The molecule has 0 aliphatic carbocycles. The zero-order valence-electron chi connectivity index (χ0n) is 13.7. The van der Waals surface area contributed by atoms with Crippen molar-refractivity contribution in [3.63, 3.8) is 0 Å². The second-order valence-corrected chi connectivity index (χ2v) is 5.83. The van der Waals surface area contributed by atoms with Crippen LogP contribution in [-0.4, -0.2) is 72.8 Å². The molecule has 4 amide bonds. The normalized spacial score (nSPS) is 16.8. The molecule has 0 unspecified atom stereocenters. The summed E-state index contributed by atoms with van der Waals surface area (Å²) in [5.74, 6) is -1.33. The Bertz CT molecular complexity index is 677. The minimum atomic E-state index is -0.391. The highest BCUT2D eigenvalue weighted by atomic mass is 16.5. The van der Waals surface area contributed by atoms with Gasteiger partial charge >= 0.3 is 0 Å². The quantitative estimate of drug-likeness (QED) is 0.736. The molecule has 25 heavy (non-hydrogen) atoms. The molecule has 132 valence electrons. The smallest absolute Gasteiger partial charge is 0.261 e. The average molecular weight is 345 g/mol. The van der Waals surface area contributed by atoms with Crippen LogP contribution in [0.5, 0.6) is 0 Å². The highest BCUT2D eigenvalue weighted by Crippen LogP contribution is 2.22. The number of ether oxygens (including phenoxy) is 1. The Morgan fingerprint density at radius 3 is 2.24 bits per heavy atom. The van der Waals surface area contributed by atoms with Crippen molar-refractivity contribution in [3.05, 3.63) is 35.4 Å². The lowest BCUT2D eigenvalue weighted by Crippen LogP contribution is -2.46. The SMILES string of the molecule is O=C(CCN1C(=O)c2ccccc2C1=O)NCC(=O)N1CCOCC1. The molecule has 3 rings (SSSR count). The summed E-state index contributed by atoms with van der Waals surface area (Å²) in [6.07, 6.45) is -0.0398. The number of carbonyl (C=O) groups is 4. The molecule has 2 heterocycles. The average Bonchev–Trinajstić information content (AvgIpc) is 2.89. The maximum absolute atomic E-state index is 12.2. The number of carbonyl (C=O) groups excluding carboxylic acids is 4. The van der Waals surface area contributed by atoms with Gasteiger partial charge in [0.25, 0.3) is 11.8 Å². The molecule has 8 heteroatoms. The summed E-state index contributed by atoms with van der Waals surface area (Å²) >= 11 is 0. The summed E-state index contributed by atoms with van der Waals surface area (Å²) in [5, 5.41) is 2.53. The van der Waals surface area contributed by atoms with E-state index in [1.807, 2.05) is 0 Å². The number of nitrogens with one attached hydrogen (secondary N) is 1. The first-order valence-electron chi connectivity index (χ1n) is 8.15. The summed E-state index contributed by atoms with van der Waals surface area (Å²) in [6.45, 7) is 1.93. The van der Waals surface area contributed by atoms with Crippen LogP contribution in [0.4, 0.5) is 0 Å². The van der Waals surface area contributed by atoms with Crippen molar-refractivity contribution >= 4 is 23.6 Å². The predicted octanol–water partition coefficient (Wildman–Crippen LogP) is -0.352. The summed E-state index contributed by atoms with van der Waals surface area (Å²) in [5.41, 5.74) is 0.714. The molecule has 0 aromatic heterocycles. The van der Waals surface area contributed by atoms with Crippen LogP contribution in [0.15, 0.2) is 24.3 Å². The number of hydrogen-bond acceptors (Lipinski definition) is 5. The van der Waals surface area contributed by atoms with E-state index in [2.05, 4.69) is 5.32 Å². The topological polar surface area (TPSA) is 96.0 Å². The maximum Gasteiger partial charge on any atom is 0.261 e. The Balaban J connectivity index is 1.46. The fraction of sp³-hybridized carbons (Fsp3) is 0.412. The van der Waals surface area contributed by atoms with Gasteiger partial charge in [-0.05, 0) is 12.1 Å². The van der Waals surface area contributed by atoms with E-state index < -0.39 is 11.8 Å². The number of fused-ring (bicyclic) bond motifs is 1. The number of hydrogen-bond donors (Lipinski definition) is 1. The van der Waals surface area contributed by atoms with Crippen LogP contribution in [0.2, 0.25) is 0 Å². The molecule has 0 radical (unpaired) electrons. The van der Waals surface area contributed by atoms with E-state index in [1.54, 1.807) is 29.2 Å². The lowest BCUT2D eigenvalue weighted by atomic mass is 10.1. The van der Waals surface area contributed by atoms with Crippen LogP contribution in [0, 0.1) is 0 Å². The molecular weight excluding hydrogens is 326 g/mol. The van der Waals surface area contributed by atoms with Crippen molar-refractivity contribution in [2.75, 3.05) is 39.4 Å². The molecule has 1 aromatic rings. The summed E-state index contributed by atoms with van der Waals surface area (Å²) in [4.78, 5) is 51.0. The Morgan fingerprint density at radius 1 is 1.04 bits per heavy atom. The summed E-state index contributed by atoms with van der Waals surface area (Å²) in [6, 6.07) is 6.57. The first-order valence-corrected chi connectivity index (χ1v) is 8.15. The highest BCUT2D eigenvalue weighted by Gasteiger charge is 2.34. The third-order valence-corrected chi connectivity index (χ3v) is 4.24. The number of morpholine rings is 1. The van der Waals surface area contributed by atoms with Crippen LogP contribution in [0.25, 0.3) is 0 Å². The maximum atomic E-state index is 12.2. The molecule has 1 saturated heterocycles. The number of benzene rings is 1. The molecule has 1 N–H and O–H groups in total. The Morgan fingerprint density at radius 2 is 1.64 bits per heavy atom. The van der Waals surface area contributed by atoms with Crippen LogP contribution >= 0.6 is 0 Å². The first-order chi connectivity index (χ1) is 12.1. The molecular formula is C17H19N3O5. The van der Waals surface area contributed by atoms with E-state index >= 15 is 0 Å². The van der Waals surface area contributed by atoms with Crippen molar-refractivity contribution in [1.29, 1.82) is 0 Å². The highest BCUT2D eigenvalue weighted by molar-refractivity contribution is 6.21. The Labute approximate surface area is 144 Å². The van der Waals surface area contributed by atoms with Crippen LogP contribution < -0.4 is 5.32 Å². The largest absolute Gasteiger partial charge is 0.378 e. The number of imide groups is 1. The third kappa shape index (κ3) is 3.69. The lowest BCUT2D eigenvalue weighted by Gasteiger charge is -2.26. The minimum Gasteiger partial charge on any atom is -0.378 e. The predicted molar refractivity (Wildman–Crippen MR) is 86.8 cm³/mol. The molecule has 0 spiro atoms. The number of nitrogens with zero attached hydrogens (tertiary/aromatic N) is 2. The lowest BCUT2D eigenvalue weighted by molar-refractivity contribution is -0.136. The van der Waals surface area contributed by atoms with Gasteiger partial charge in [0.05, 0.1) is 30.9 Å². The van der Waals surface area contributed by atoms with Crippen molar-refractivity contribution in [3.8, 4) is 0 Å². The van der Waals surface area contributed by atoms with Crippen LogP contribution in [0.3, 0.4) is 0 Å². The van der Waals surface area contributed by atoms with Gasteiger partial charge in [-0.3, -0.25) is 24.1 Å². The van der Waals surface area contributed by atoms with Gasteiger partial charge in [0, 0.05) is 26.1 Å². The number of amides is 4. The van der Waals surface area contributed by atoms with Crippen LogP contribution in [-0.2, 0) is 14.3 Å². The standard InChI is InChI=1S/C17H19N3O5/c21-14(18-11-15(22)19-7-9-25-10-8-19)5-6-20-16(23)12-3-1-2-4-13(12)17(20)24/h1-4H,5-11H2,(H,18,21). The number of rotatable bonds is 5. The van der Waals surface area contributed by atoms with Gasteiger partial charge in [-0.1, -0.05) is 12.1 Å². The summed E-state index contributed by atoms with van der Waals surface area (Å²) < 4.78 is 5.17. The second kappa shape index (κ2) is 7.43. The monoisotopic (exact) mass is 345 g/mol. The van der Waals surface area contributed by atoms with E-state index in [4.69, 9.17) is 4.74 Å². The minimum absolute atomic E-state index is 0.01000. The molecule has 0 bridgehead atoms. The fourth-order valence-electron chi connectivity index (χ4n) is 2.84. The van der Waals surface area contributed by atoms with Crippen molar-refractivity contribution in [1.82, 2.24) is 15.1 Å². The zero-order valence-corrected chi connectivity index (χ0v) is 13.7. The van der Waals surface area contributed by atoms with Gasteiger partial charge in [-0.15, -0.1) is 0 Å². The van der Waals surface area contributed by atoms with Gasteiger partial charge in [0.15, 0.2) is 0 Å². The van der Waals surface area contributed by atoms with Crippen LogP contribution in [0.1, 0.15) is 27.1 Å². The molecule has 8 nitrogen and oxygen atoms in total. The molecule has 0 atom stereocenters. The van der Waals surface area contributed by atoms with Gasteiger partial charge in [0.1, 0.15) is 0 Å². The van der Waals surface area contributed by atoms with Gasteiger partial charge in [-0.25, -0.2) is 0 Å². The molecule has 2 aliphatic heterocycles. The van der Waals surface area contributed by atoms with E-state index in [-0.39, 0.29) is 31.3 Å². The van der Waals surface area contributed by atoms with Gasteiger partial charge in [0.2, 0.25) is 11.8 Å². The van der Waals surface area contributed by atoms with Gasteiger partial charge < -0.3 is 15.0 Å². The third-order valence-electron chi connectivity index (χ3n) is 4.24. The van der Waals surface area contributed by atoms with Crippen molar-refractivity contribution < 1.29 is 23.9 Å².